The van der Waals surface area contributed by atoms with Gasteiger partial charge in [-0.25, -0.2) is 9.59 Å². The van der Waals surface area contributed by atoms with E-state index < -0.39 is 35.5 Å². The molecule has 2 atom stereocenters. The van der Waals surface area contributed by atoms with Crippen molar-refractivity contribution in [3.8, 4) is 11.1 Å². The summed E-state index contributed by atoms with van der Waals surface area (Å²) in [7, 11) is 0. The maximum absolute atomic E-state index is 12.5. The summed E-state index contributed by atoms with van der Waals surface area (Å²) in [5.74, 6) is -1.61. The van der Waals surface area contributed by atoms with Crippen LogP contribution in [0, 0.1) is 5.41 Å². The second-order valence-electron chi connectivity index (χ2n) is 9.69. The van der Waals surface area contributed by atoms with Gasteiger partial charge in [-0.3, -0.25) is 4.79 Å². The molecule has 0 bridgehead atoms. The Morgan fingerprint density at radius 1 is 1.00 bits per heavy atom. The molecule has 0 heterocycles. The molecule has 2 amide bonds. The number of hydrogen-bond acceptors (Lipinski definition) is 5. The van der Waals surface area contributed by atoms with Crippen LogP contribution in [0.4, 0.5) is 4.79 Å². The Labute approximate surface area is 206 Å². The number of carbonyl (C=O) groups is 3. The standard InChI is InChI=1S/C27H34N2O6/c1-5-34-17(14-23(30)29-24(25(31)32)27(2,3)4)15-28-26(33)35-16-22-20-12-8-6-10-18(20)19-11-7-9-13-21(19)22/h6-13,17,22,24H,5,14-16H2,1-4H3,(H,28,33)(H,29,30)(H,31,32)/t17?,24-/m0/s1. The zero-order chi connectivity index (χ0) is 25.6. The molecule has 1 aliphatic rings. The molecule has 8 nitrogen and oxygen atoms in total. The van der Waals surface area contributed by atoms with E-state index in [1.165, 1.54) is 0 Å². The van der Waals surface area contributed by atoms with Crippen LogP contribution in [0.15, 0.2) is 48.5 Å². The molecule has 0 saturated carbocycles. The van der Waals surface area contributed by atoms with Crippen LogP contribution in [-0.4, -0.2) is 55.0 Å². The van der Waals surface area contributed by atoms with Crippen molar-refractivity contribution in [1.82, 2.24) is 10.6 Å². The number of fused-ring (bicyclic) bond motifs is 3. The molecule has 0 spiro atoms. The molecule has 0 radical (unpaired) electrons. The minimum absolute atomic E-state index is 0.0491. The van der Waals surface area contributed by atoms with Gasteiger partial charge in [0.05, 0.1) is 12.5 Å². The summed E-state index contributed by atoms with van der Waals surface area (Å²) < 4.78 is 11.1. The molecule has 1 unspecified atom stereocenters. The van der Waals surface area contributed by atoms with E-state index in [0.717, 1.165) is 22.3 Å². The molecule has 1 aliphatic carbocycles. The molecule has 2 aromatic rings. The summed E-state index contributed by atoms with van der Waals surface area (Å²) in [5, 5.41) is 14.6. The van der Waals surface area contributed by atoms with Crippen molar-refractivity contribution >= 4 is 18.0 Å². The fraction of sp³-hybridized carbons (Fsp3) is 0.444. The van der Waals surface area contributed by atoms with E-state index in [-0.39, 0.29) is 25.5 Å². The molecular formula is C27H34N2O6. The highest BCUT2D eigenvalue weighted by molar-refractivity contribution is 5.84. The summed E-state index contributed by atoms with van der Waals surface area (Å²) in [6.45, 7) is 7.59. The van der Waals surface area contributed by atoms with E-state index in [0.29, 0.717) is 6.61 Å². The number of hydrogen-bond donors (Lipinski definition) is 3. The average molecular weight is 483 g/mol. The molecular weight excluding hydrogens is 448 g/mol. The van der Waals surface area contributed by atoms with Gasteiger partial charge in [0.25, 0.3) is 0 Å². The summed E-state index contributed by atoms with van der Waals surface area (Å²) in [4.78, 5) is 36.4. The number of rotatable bonds is 10. The first-order valence-electron chi connectivity index (χ1n) is 11.8. The molecule has 2 aromatic carbocycles. The Morgan fingerprint density at radius 2 is 1.57 bits per heavy atom. The van der Waals surface area contributed by atoms with E-state index in [4.69, 9.17) is 9.47 Å². The van der Waals surface area contributed by atoms with Gasteiger partial charge in [0.1, 0.15) is 12.6 Å². The van der Waals surface area contributed by atoms with Gasteiger partial charge in [-0.05, 0) is 34.6 Å². The van der Waals surface area contributed by atoms with Crippen molar-refractivity contribution in [3.05, 3.63) is 59.7 Å². The number of carboxylic acid groups (broad SMARTS) is 1. The van der Waals surface area contributed by atoms with Crippen LogP contribution in [0.5, 0.6) is 0 Å². The van der Waals surface area contributed by atoms with E-state index in [2.05, 4.69) is 22.8 Å². The third kappa shape index (κ3) is 6.60. The van der Waals surface area contributed by atoms with E-state index in [1.807, 2.05) is 36.4 Å². The number of nitrogens with one attached hydrogen (secondary N) is 2. The molecule has 3 N–H and O–H groups in total. The zero-order valence-corrected chi connectivity index (χ0v) is 20.7. The lowest BCUT2D eigenvalue weighted by Crippen LogP contribution is -2.50. The van der Waals surface area contributed by atoms with Crippen LogP contribution in [0.3, 0.4) is 0 Å². The van der Waals surface area contributed by atoms with Crippen LogP contribution in [0.2, 0.25) is 0 Å². The first kappa shape index (κ1) is 26.2. The number of benzene rings is 2. The number of ether oxygens (including phenoxy) is 2. The summed E-state index contributed by atoms with van der Waals surface area (Å²) >= 11 is 0. The Hall–Kier alpha value is -3.39. The van der Waals surface area contributed by atoms with Gasteiger partial charge in [-0.15, -0.1) is 0 Å². The lowest BCUT2D eigenvalue weighted by Gasteiger charge is -2.28. The van der Waals surface area contributed by atoms with E-state index >= 15 is 0 Å². The summed E-state index contributed by atoms with van der Waals surface area (Å²) in [6, 6.07) is 15.1. The molecule has 8 heteroatoms. The fourth-order valence-corrected chi connectivity index (χ4v) is 4.35. The third-order valence-electron chi connectivity index (χ3n) is 6.05. The highest BCUT2D eigenvalue weighted by Gasteiger charge is 2.33. The summed E-state index contributed by atoms with van der Waals surface area (Å²) in [6.07, 6.45) is -1.30. The van der Waals surface area contributed by atoms with Crippen molar-refractivity contribution in [2.75, 3.05) is 19.8 Å². The van der Waals surface area contributed by atoms with Crippen LogP contribution in [0.1, 0.15) is 51.2 Å². The number of carbonyl (C=O) groups excluding carboxylic acids is 2. The molecule has 0 fully saturated rings. The van der Waals surface area contributed by atoms with Crippen molar-refractivity contribution in [1.29, 1.82) is 0 Å². The molecule has 35 heavy (non-hydrogen) atoms. The van der Waals surface area contributed by atoms with Crippen LogP contribution in [0.25, 0.3) is 11.1 Å². The number of aliphatic carboxylic acids is 1. The van der Waals surface area contributed by atoms with Gasteiger partial charge >= 0.3 is 12.1 Å². The lowest BCUT2D eigenvalue weighted by atomic mass is 9.86. The van der Waals surface area contributed by atoms with Gasteiger partial charge in [0, 0.05) is 19.1 Å². The van der Waals surface area contributed by atoms with Crippen LogP contribution in [-0.2, 0) is 19.1 Å². The second kappa shape index (κ2) is 11.4. The zero-order valence-electron chi connectivity index (χ0n) is 20.7. The molecule has 3 rings (SSSR count). The number of alkyl carbamates (subject to hydrolysis) is 1. The lowest BCUT2D eigenvalue weighted by molar-refractivity contribution is -0.145. The second-order valence-corrected chi connectivity index (χ2v) is 9.69. The number of carboxylic acids is 1. The smallest absolute Gasteiger partial charge is 0.407 e. The van der Waals surface area contributed by atoms with Crippen LogP contribution < -0.4 is 10.6 Å². The predicted molar refractivity (Wildman–Crippen MR) is 132 cm³/mol. The SMILES string of the molecule is CCOC(CNC(=O)OCC1c2ccccc2-c2ccccc21)CC(=O)N[C@@H](C(=O)O)C(C)(C)C. The first-order chi connectivity index (χ1) is 16.6. The monoisotopic (exact) mass is 482 g/mol. The molecule has 0 saturated heterocycles. The Bertz CT molecular complexity index is 1020. The van der Waals surface area contributed by atoms with E-state index in [9.17, 15) is 19.5 Å². The average Bonchev–Trinajstić information content (AvgIpc) is 3.12. The van der Waals surface area contributed by atoms with Crippen LogP contribution >= 0.6 is 0 Å². The normalized spacial score (nSPS) is 14.4. The van der Waals surface area contributed by atoms with Crippen molar-refractivity contribution in [2.45, 2.75) is 52.2 Å². The Balaban J connectivity index is 1.54. The highest BCUT2D eigenvalue weighted by Crippen LogP contribution is 2.44. The van der Waals surface area contributed by atoms with Gasteiger partial charge in [0.15, 0.2) is 0 Å². The van der Waals surface area contributed by atoms with Crippen molar-refractivity contribution < 1.29 is 29.0 Å². The third-order valence-corrected chi connectivity index (χ3v) is 6.05. The quantitative estimate of drug-likeness (QED) is 0.473. The first-order valence-corrected chi connectivity index (χ1v) is 11.8. The van der Waals surface area contributed by atoms with Gasteiger partial charge < -0.3 is 25.2 Å². The Morgan fingerprint density at radius 3 is 2.09 bits per heavy atom. The Kier molecular flexibility index (Phi) is 8.51. The maximum atomic E-state index is 12.5. The van der Waals surface area contributed by atoms with E-state index in [1.54, 1.807) is 27.7 Å². The summed E-state index contributed by atoms with van der Waals surface area (Å²) in [5.41, 5.74) is 3.89. The minimum atomic E-state index is -1.10. The number of amides is 2. The van der Waals surface area contributed by atoms with Crippen molar-refractivity contribution in [2.24, 2.45) is 5.41 Å². The van der Waals surface area contributed by atoms with Gasteiger partial charge in [-0.1, -0.05) is 69.3 Å². The minimum Gasteiger partial charge on any atom is -0.480 e. The predicted octanol–water partition coefficient (Wildman–Crippen LogP) is 3.94. The molecule has 188 valence electrons. The molecule has 0 aromatic heterocycles. The highest BCUT2D eigenvalue weighted by atomic mass is 16.5. The molecule has 0 aliphatic heterocycles. The largest absolute Gasteiger partial charge is 0.480 e. The van der Waals surface area contributed by atoms with Gasteiger partial charge in [-0.2, -0.15) is 0 Å². The van der Waals surface area contributed by atoms with Crippen molar-refractivity contribution in [3.63, 3.8) is 0 Å². The fourth-order valence-electron chi connectivity index (χ4n) is 4.35. The topological polar surface area (TPSA) is 114 Å². The van der Waals surface area contributed by atoms with Gasteiger partial charge in [0.2, 0.25) is 5.91 Å². The maximum Gasteiger partial charge on any atom is 0.407 e.